The third-order valence-electron chi connectivity index (χ3n) is 2.85. The molecule has 0 aliphatic rings. The van der Waals surface area contributed by atoms with Crippen molar-refractivity contribution < 1.29 is 35.0 Å². The average molecular weight is 392 g/mol. The van der Waals surface area contributed by atoms with E-state index in [0.29, 0.717) is 26.8 Å². The van der Waals surface area contributed by atoms with E-state index in [9.17, 15) is 0 Å². The quantitative estimate of drug-likeness (QED) is 0.546. The Bertz CT molecular complexity index is 835. The molecule has 0 bridgehead atoms. The molecule has 5 nitrogen and oxygen atoms in total. The van der Waals surface area contributed by atoms with Crippen molar-refractivity contribution in [3.05, 3.63) is 64.0 Å². The van der Waals surface area contributed by atoms with Gasteiger partial charge in [-0.15, -0.1) is 0 Å². The number of hydrogen-bond donors (Lipinski definition) is 1. The topological polar surface area (TPSA) is 80.7 Å². The van der Waals surface area contributed by atoms with Crippen molar-refractivity contribution in [2.75, 3.05) is 5.32 Å². The predicted molar refractivity (Wildman–Crippen MR) is 92.0 cm³/mol. The molecule has 2 heterocycles. The SMILES string of the molecule is Clc1ccc(Cl)c(Nc2nccc(-c3ccnc(Cl)c3)n2)c1.[Na+].[OH-]. The molecule has 0 aliphatic heterocycles. The van der Waals surface area contributed by atoms with Gasteiger partial charge in [0.05, 0.1) is 16.4 Å². The molecule has 0 fully saturated rings. The Morgan fingerprint density at radius 2 is 1.62 bits per heavy atom. The summed E-state index contributed by atoms with van der Waals surface area (Å²) in [4.78, 5) is 12.6. The molecule has 2 N–H and O–H groups in total. The Hall–Kier alpha value is -0.920. The van der Waals surface area contributed by atoms with Crippen molar-refractivity contribution in [2.45, 2.75) is 0 Å². The third kappa shape index (κ3) is 5.29. The largest absolute Gasteiger partial charge is 1.00 e. The van der Waals surface area contributed by atoms with Gasteiger partial charge in [-0.3, -0.25) is 0 Å². The number of nitrogens with zero attached hydrogens (tertiary/aromatic N) is 3. The van der Waals surface area contributed by atoms with Gasteiger partial charge in [0, 0.05) is 23.0 Å². The van der Waals surface area contributed by atoms with E-state index >= 15 is 0 Å². The van der Waals surface area contributed by atoms with Crippen LogP contribution in [0.4, 0.5) is 11.6 Å². The monoisotopic (exact) mass is 390 g/mol. The number of rotatable bonds is 3. The first-order valence-electron chi connectivity index (χ1n) is 6.29. The van der Waals surface area contributed by atoms with Crippen LogP contribution in [0.1, 0.15) is 0 Å². The average Bonchev–Trinajstić information content (AvgIpc) is 2.51. The van der Waals surface area contributed by atoms with Gasteiger partial charge >= 0.3 is 29.6 Å². The fraction of sp³-hybridized carbons (Fsp3) is 0. The first kappa shape index (κ1) is 21.1. The van der Waals surface area contributed by atoms with Crippen LogP contribution in [0.25, 0.3) is 11.3 Å². The van der Waals surface area contributed by atoms with Gasteiger partial charge in [0.15, 0.2) is 0 Å². The van der Waals surface area contributed by atoms with Gasteiger partial charge in [-0.2, -0.15) is 0 Å². The summed E-state index contributed by atoms with van der Waals surface area (Å²) in [7, 11) is 0. The van der Waals surface area contributed by atoms with Gasteiger partial charge in [-0.05, 0) is 36.4 Å². The third-order valence-corrected chi connectivity index (χ3v) is 3.62. The zero-order valence-corrected chi connectivity index (χ0v) is 16.8. The van der Waals surface area contributed by atoms with Crippen molar-refractivity contribution in [1.29, 1.82) is 0 Å². The van der Waals surface area contributed by atoms with Crippen LogP contribution < -0.4 is 34.9 Å². The summed E-state index contributed by atoms with van der Waals surface area (Å²) in [6, 6.07) is 10.5. The number of aromatic nitrogens is 3. The minimum atomic E-state index is 0. The van der Waals surface area contributed by atoms with Crippen molar-refractivity contribution >= 4 is 46.4 Å². The van der Waals surface area contributed by atoms with Gasteiger partial charge in [0.2, 0.25) is 5.95 Å². The van der Waals surface area contributed by atoms with Gasteiger partial charge in [-0.1, -0.05) is 34.8 Å². The van der Waals surface area contributed by atoms with E-state index < -0.39 is 0 Å². The van der Waals surface area contributed by atoms with Crippen LogP contribution in [0.2, 0.25) is 15.2 Å². The molecule has 2 aromatic heterocycles. The molecular weight excluding hydrogens is 382 g/mol. The Balaban J connectivity index is 0.00000144. The Morgan fingerprint density at radius 3 is 2.38 bits per heavy atom. The molecule has 0 amide bonds. The van der Waals surface area contributed by atoms with Crippen molar-refractivity contribution in [2.24, 2.45) is 0 Å². The van der Waals surface area contributed by atoms with Crippen LogP contribution in [0.3, 0.4) is 0 Å². The van der Waals surface area contributed by atoms with Crippen LogP contribution in [-0.4, -0.2) is 20.4 Å². The molecule has 0 saturated carbocycles. The van der Waals surface area contributed by atoms with Crippen LogP contribution in [0, 0.1) is 0 Å². The first-order valence-corrected chi connectivity index (χ1v) is 7.42. The van der Waals surface area contributed by atoms with E-state index in [1.807, 2.05) is 6.07 Å². The van der Waals surface area contributed by atoms with Crippen molar-refractivity contribution in [3.8, 4) is 11.3 Å². The first-order chi connectivity index (χ1) is 10.6. The number of hydrogen-bond acceptors (Lipinski definition) is 5. The molecule has 0 atom stereocenters. The molecule has 0 unspecified atom stereocenters. The number of halogens is 3. The molecule has 3 rings (SSSR count). The zero-order valence-electron chi connectivity index (χ0n) is 12.5. The Morgan fingerprint density at radius 1 is 0.875 bits per heavy atom. The maximum atomic E-state index is 6.12. The summed E-state index contributed by atoms with van der Waals surface area (Å²) in [5, 5.41) is 4.56. The second kappa shape index (κ2) is 9.53. The van der Waals surface area contributed by atoms with E-state index in [1.54, 1.807) is 42.7 Å². The summed E-state index contributed by atoms with van der Waals surface area (Å²) in [5.74, 6) is 0.412. The standard InChI is InChI=1S/C15H9Cl3N4.Na.H2O/c16-10-1-2-11(17)13(8-10)22-15-20-6-4-12(21-15)9-3-5-19-14(18)7-9;;/h1-8H,(H,20,21,22);;1H2/q;+1;/p-1. The molecule has 0 spiro atoms. The van der Waals surface area contributed by atoms with E-state index in [0.717, 1.165) is 11.3 Å². The van der Waals surface area contributed by atoms with E-state index in [1.165, 1.54) is 0 Å². The second-order valence-corrected chi connectivity index (χ2v) is 5.61. The molecule has 9 heteroatoms. The van der Waals surface area contributed by atoms with Gasteiger partial charge in [-0.25, -0.2) is 15.0 Å². The van der Waals surface area contributed by atoms with Crippen LogP contribution in [0.5, 0.6) is 0 Å². The molecule has 0 aliphatic carbocycles. The fourth-order valence-corrected chi connectivity index (χ4v) is 2.37. The van der Waals surface area contributed by atoms with Crippen LogP contribution in [0.15, 0.2) is 48.8 Å². The van der Waals surface area contributed by atoms with Crippen LogP contribution in [-0.2, 0) is 0 Å². The summed E-state index contributed by atoms with van der Waals surface area (Å²) >= 11 is 18.0. The minimum absolute atomic E-state index is 0. The summed E-state index contributed by atoms with van der Waals surface area (Å²) in [5.41, 5.74) is 2.21. The Labute approximate surface area is 176 Å². The number of benzene rings is 1. The molecule has 0 radical (unpaired) electrons. The minimum Gasteiger partial charge on any atom is -0.870 e. The maximum absolute atomic E-state index is 6.12. The predicted octanol–water partition coefficient (Wildman–Crippen LogP) is 2.07. The molecule has 3 aromatic rings. The number of anilines is 2. The summed E-state index contributed by atoms with van der Waals surface area (Å²) < 4.78 is 0. The smallest absolute Gasteiger partial charge is 0.870 e. The molecule has 1 aromatic carbocycles. The maximum Gasteiger partial charge on any atom is 1.00 e. The molecule has 0 saturated heterocycles. The number of pyridine rings is 1. The second-order valence-electron chi connectivity index (χ2n) is 4.38. The van der Waals surface area contributed by atoms with Gasteiger partial charge in [0.25, 0.3) is 0 Å². The van der Waals surface area contributed by atoms with Crippen molar-refractivity contribution in [1.82, 2.24) is 15.0 Å². The number of nitrogens with one attached hydrogen (secondary N) is 1. The molecule has 24 heavy (non-hydrogen) atoms. The zero-order chi connectivity index (χ0) is 15.5. The summed E-state index contributed by atoms with van der Waals surface area (Å²) in [6.07, 6.45) is 3.28. The molecular formula is C15H10Cl3N4NaO. The Kier molecular flexibility index (Phi) is 8.39. The van der Waals surface area contributed by atoms with E-state index in [2.05, 4.69) is 20.3 Å². The summed E-state index contributed by atoms with van der Waals surface area (Å²) in [6.45, 7) is 0. The van der Waals surface area contributed by atoms with Crippen molar-refractivity contribution in [3.63, 3.8) is 0 Å². The van der Waals surface area contributed by atoms with Crippen LogP contribution >= 0.6 is 34.8 Å². The van der Waals surface area contributed by atoms with E-state index in [4.69, 9.17) is 34.8 Å². The molecule has 118 valence electrons. The van der Waals surface area contributed by atoms with Gasteiger partial charge in [0.1, 0.15) is 5.15 Å². The van der Waals surface area contributed by atoms with Gasteiger partial charge < -0.3 is 10.8 Å². The fourth-order valence-electron chi connectivity index (χ4n) is 1.86. The normalized spacial score (nSPS) is 9.62. The van der Waals surface area contributed by atoms with E-state index in [-0.39, 0.29) is 35.0 Å².